The Morgan fingerprint density at radius 2 is 2.00 bits per heavy atom. The van der Waals surface area contributed by atoms with Crippen molar-refractivity contribution >= 4 is 5.91 Å². The van der Waals surface area contributed by atoms with Crippen LogP contribution in [-0.4, -0.2) is 54.6 Å². The largest absolute Gasteiger partial charge is 0.379 e. The van der Waals surface area contributed by atoms with E-state index in [4.69, 9.17) is 4.74 Å². The van der Waals surface area contributed by atoms with E-state index in [2.05, 4.69) is 43.0 Å². The van der Waals surface area contributed by atoms with E-state index in [-0.39, 0.29) is 17.4 Å². The number of likely N-dealkylation sites (tertiary alicyclic amines) is 1. The molecule has 22 heavy (non-hydrogen) atoms. The van der Waals surface area contributed by atoms with E-state index in [0.717, 1.165) is 32.8 Å². The molecular formula is C18H26N2O2. The van der Waals surface area contributed by atoms with E-state index in [1.54, 1.807) is 0 Å². The van der Waals surface area contributed by atoms with Gasteiger partial charge in [0, 0.05) is 44.1 Å². The summed E-state index contributed by atoms with van der Waals surface area (Å²) >= 11 is 0. The molecule has 0 aromatic heterocycles. The molecule has 1 spiro atoms. The zero-order chi connectivity index (χ0) is 15.6. The van der Waals surface area contributed by atoms with Gasteiger partial charge in [-0.2, -0.15) is 0 Å². The van der Waals surface area contributed by atoms with Gasteiger partial charge in [0.05, 0.1) is 13.2 Å². The van der Waals surface area contributed by atoms with Crippen LogP contribution in [0.25, 0.3) is 0 Å². The Labute approximate surface area is 133 Å². The molecule has 4 nitrogen and oxygen atoms in total. The molecule has 3 rings (SSSR count). The summed E-state index contributed by atoms with van der Waals surface area (Å²) in [5.41, 5.74) is 1.29. The summed E-state index contributed by atoms with van der Waals surface area (Å²) < 4.78 is 5.86. The van der Waals surface area contributed by atoms with Crippen LogP contribution < -0.4 is 0 Å². The van der Waals surface area contributed by atoms with Gasteiger partial charge in [0.2, 0.25) is 5.91 Å². The van der Waals surface area contributed by atoms with Crippen LogP contribution in [0.4, 0.5) is 0 Å². The number of carbonyl (C=O) groups excluding carboxylic acids is 1. The lowest BCUT2D eigenvalue weighted by atomic mass is 9.87. The molecule has 0 radical (unpaired) electrons. The number of benzene rings is 1. The fraction of sp³-hybridized carbons (Fsp3) is 0.611. The van der Waals surface area contributed by atoms with Crippen molar-refractivity contribution in [2.24, 2.45) is 5.41 Å². The summed E-state index contributed by atoms with van der Waals surface area (Å²) in [6, 6.07) is 10.8. The first-order valence-corrected chi connectivity index (χ1v) is 8.21. The minimum atomic E-state index is -0.0351. The van der Waals surface area contributed by atoms with Crippen molar-refractivity contribution in [3.63, 3.8) is 0 Å². The second-order valence-corrected chi connectivity index (χ2v) is 7.04. The van der Waals surface area contributed by atoms with Gasteiger partial charge in [-0.1, -0.05) is 30.3 Å². The highest BCUT2D eigenvalue weighted by Gasteiger charge is 2.46. The van der Waals surface area contributed by atoms with Crippen molar-refractivity contribution in [2.45, 2.75) is 32.9 Å². The predicted molar refractivity (Wildman–Crippen MR) is 86.4 cm³/mol. The van der Waals surface area contributed by atoms with Gasteiger partial charge in [0.25, 0.3) is 0 Å². The Hall–Kier alpha value is -1.39. The van der Waals surface area contributed by atoms with Crippen LogP contribution in [-0.2, 0) is 16.1 Å². The van der Waals surface area contributed by atoms with Crippen molar-refractivity contribution < 1.29 is 9.53 Å². The average Bonchev–Trinajstić information content (AvgIpc) is 2.69. The molecule has 2 aliphatic heterocycles. The van der Waals surface area contributed by atoms with Crippen LogP contribution in [0.3, 0.4) is 0 Å². The number of ether oxygens (including phenoxy) is 1. The standard InChI is InChI=1S/C18H26N2O2/c1-15(2)20-13-18(10-17(20)21)12-19(8-9-22-14-18)11-16-6-4-3-5-7-16/h3-7,15H,8-14H2,1-2H3/t18-/m1/s1. The lowest BCUT2D eigenvalue weighted by Gasteiger charge is -2.32. The highest BCUT2D eigenvalue weighted by molar-refractivity contribution is 5.79. The molecule has 2 heterocycles. The number of rotatable bonds is 3. The third kappa shape index (κ3) is 3.33. The van der Waals surface area contributed by atoms with E-state index in [1.165, 1.54) is 5.56 Å². The summed E-state index contributed by atoms with van der Waals surface area (Å²) in [5.74, 6) is 0.278. The van der Waals surface area contributed by atoms with Gasteiger partial charge in [-0.15, -0.1) is 0 Å². The van der Waals surface area contributed by atoms with Gasteiger partial charge in [0.15, 0.2) is 0 Å². The van der Waals surface area contributed by atoms with Crippen LogP contribution >= 0.6 is 0 Å². The molecule has 0 saturated carbocycles. The SMILES string of the molecule is CC(C)N1C[C@@]2(COCCN(Cc3ccccc3)C2)CC1=O. The fourth-order valence-corrected chi connectivity index (χ4v) is 3.66. The molecule has 2 aliphatic rings. The zero-order valence-electron chi connectivity index (χ0n) is 13.6. The smallest absolute Gasteiger partial charge is 0.223 e. The van der Waals surface area contributed by atoms with Crippen LogP contribution in [0.15, 0.2) is 30.3 Å². The Bertz CT molecular complexity index is 517. The molecule has 2 saturated heterocycles. The van der Waals surface area contributed by atoms with Crippen LogP contribution in [0.1, 0.15) is 25.8 Å². The zero-order valence-corrected chi connectivity index (χ0v) is 13.6. The Balaban J connectivity index is 1.72. The maximum Gasteiger partial charge on any atom is 0.223 e. The average molecular weight is 302 g/mol. The topological polar surface area (TPSA) is 32.8 Å². The van der Waals surface area contributed by atoms with Crippen LogP contribution in [0.2, 0.25) is 0 Å². The first-order chi connectivity index (χ1) is 10.6. The lowest BCUT2D eigenvalue weighted by Crippen LogP contribution is -2.41. The highest BCUT2D eigenvalue weighted by Crippen LogP contribution is 2.35. The third-order valence-electron chi connectivity index (χ3n) is 4.74. The number of amides is 1. The first kappa shape index (κ1) is 15.5. The molecule has 1 atom stereocenters. The normalized spacial score (nSPS) is 26.9. The molecule has 1 aromatic carbocycles. The molecule has 0 N–H and O–H groups in total. The maximum atomic E-state index is 12.3. The molecule has 0 aliphatic carbocycles. The van der Waals surface area contributed by atoms with Gasteiger partial charge in [-0.3, -0.25) is 9.69 Å². The second-order valence-electron chi connectivity index (χ2n) is 7.04. The van der Waals surface area contributed by atoms with Crippen molar-refractivity contribution in [3.8, 4) is 0 Å². The van der Waals surface area contributed by atoms with Crippen molar-refractivity contribution in [1.82, 2.24) is 9.80 Å². The molecule has 0 unspecified atom stereocenters. The molecule has 120 valence electrons. The second kappa shape index (κ2) is 6.39. The minimum absolute atomic E-state index is 0.0351. The Morgan fingerprint density at radius 3 is 2.68 bits per heavy atom. The number of hydrogen-bond donors (Lipinski definition) is 0. The third-order valence-corrected chi connectivity index (χ3v) is 4.74. The summed E-state index contributed by atoms with van der Waals surface area (Å²) in [5, 5.41) is 0. The van der Waals surface area contributed by atoms with Gasteiger partial charge in [-0.05, 0) is 19.4 Å². The summed E-state index contributed by atoms with van der Waals surface area (Å²) in [6.07, 6.45) is 0.621. The summed E-state index contributed by atoms with van der Waals surface area (Å²) in [6.45, 7) is 9.28. The Morgan fingerprint density at radius 1 is 1.23 bits per heavy atom. The maximum absolute atomic E-state index is 12.3. The van der Waals surface area contributed by atoms with Crippen molar-refractivity contribution in [3.05, 3.63) is 35.9 Å². The number of carbonyl (C=O) groups is 1. The van der Waals surface area contributed by atoms with Gasteiger partial charge in [-0.25, -0.2) is 0 Å². The lowest BCUT2D eigenvalue weighted by molar-refractivity contribution is -0.129. The van der Waals surface area contributed by atoms with E-state index >= 15 is 0 Å². The molecule has 1 amide bonds. The molecular weight excluding hydrogens is 276 g/mol. The monoisotopic (exact) mass is 302 g/mol. The van der Waals surface area contributed by atoms with E-state index in [9.17, 15) is 4.79 Å². The van der Waals surface area contributed by atoms with Crippen LogP contribution in [0, 0.1) is 5.41 Å². The van der Waals surface area contributed by atoms with E-state index in [0.29, 0.717) is 13.0 Å². The summed E-state index contributed by atoms with van der Waals surface area (Å²) in [7, 11) is 0. The predicted octanol–water partition coefficient (Wildman–Crippen LogP) is 2.15. The van der Waals surface area contributed by atoms with E-state index in [1.807, 2.05) is 11.0 Å². The van der Waals surface area contributed by atoms with Crippen molar-refractivity contribution in [2.75, 3.05) is 32.8 Å². The fourth-order valence-electron chi connectivity index (χ4n) is 3.66. The summed E-state index contributed by atoms with van der Waals surface area (Å²) in [4.78, 5) is 16.8. The minimum Gasteiger partial charge on any atom is -0.379 e. The molecule has 4 heteroatoms. The van der Waals surface area contributed by atoms with Crippen LogP contribution in [0.5, 0.6) is 0 Å². The number of nitrogens with zero attached hydrogens (tertiary/aromatic N) is 2. The first-order valence-electron chi connectivity index (χ1n) is 8.21. The number of hydrogen-bond acceptors (Lipinski definition) is 3. The van der Waals surface area contributed by atoms with Gasteiger partial charge < -0.3 is 9.64 Å². The quantitative estimate of drug-likeness (QED) is 0.857. The molecule has 2 fully saturated rings. The highest BCUT2D eigenvalue weighted by atomic mass is 16.5. The Kier molecular flexibility index (Phi) is 4.50. The van der Waals surface area contributed by atoms with Gasteiger partial charge >= 0.3 is 0 Å². The van der Waals surface area contributed by atoms with E-state index < -0.39 is 0 Å². The molecule has 1 aromatic rings. The molecule has 0 bridgehead atoms. The van der Waals surface area contributed by atoms with Gasteiger partial charge in [0.1, 0.15) is 0 Å². The van der Waals surface area contributed by atoms with Crippen molar-refractivity contribution in [1.29, 1.82) is 0 Å².